The first-order valence-electron chi connectivity index (χ1n) is 7.45. The summed E-state index contributed by atoms with van der Waals surface area (Å²) in [6.07, 6.45) is 8.56. The summed E-state index contributed by atoms with van der Waals surface area (Å²) in [5.74, 6) is 2.33. The summed E-state index contributed by atoms with van der Waals surface area (Å²) >= 11 is 0. The largest absolute Gasteiger partial charge is 0.385 e. The first-order chi connectivity index (χ1) is 9.99. The lowest BCUT2D eigenvalue weighted by atomic mass is 9.93. The predicted octanol–water partition coefficient (Wildman–Crippen LogP) is 2.36. The zero-order valence-electron chi connectivity index (χ0n) is 12.2. The first-order valence-corrected chi connectivity index (χ1v) is 9.34. The minimum atomic E-state index is -3.13. The molecular weight excluding hydrogens is 284 g/mol. The van der Waals surface area contributed by atoms with Crippen LogP contribution in [0.2, 0.25) is 0 Å². The van der Waals surface area contributed by atoms with Crippen LogP contribution in [0.5, 0.6) is 0 Å². The Morgan fingerprint density at radius 1 is 1.14 bits per heavy atom. The SMILES string of the molecule is CS(=O)(=O)NCc1ccc(NC[C@H]2C[C@H]3C=C[C@H]2C3)cc1. The number of benzene rings is 1. The van der Waals surface area contributed by atoms with Crippen LogP contribution < -0.4 is 10.0 Å². The Labute approximate surface area is 126 Å². The van der Waals surface area contributed by atoms with Crippen molar-refractivity contribution in [1.82, 2.24) is 4.72 Å². The molecule has 21 heavy (non-hydrogen) atoms. The van der Waals surface area contributed by atoms with Gasteiger partial charge in [-0.3, -0.25) is 0 Å². The van der Waals surface area contributed by atoms with E-state index in [1.54, 1.807) is 0 Å². The highest BCUT2D eigenvalue weighted by atomic mass is 32.2. The van der Waals surface area contributed by atoms with Gasteiger partial charge in [0.15, 0.2) is 0 Å². The van der Waals surface area contributed by atoms with Crippen molar-refractivity contribution < 1.29 is 8.42 Å². The average Bonchev–Trinajstić information content (AvgIpc) is 3.05. The van der Waals surface area contributed by atoms with Gasteiger partial charge < -0.3 is 5.32 Å². The number of sulfonamides is 1. The molecule has 5 heteroatoms. The third-order valence-electron chi connectivity index (χ3n) is 4.48. The number of hydrogen-bond acceptors (Lipinski definition) is 3. The number of hydrogen-bond donors (Lipinski definition) is 2. The molecule has 114 valence electrons. The van der Waals surface area contributed by atoms with Crippen molar-refractivity contribution in [3.05, 3.63) is 42.0 Å². The first kappa shape index (κ1) is 14.6. The van der Waals surface area contributed by atoms with Gasteiger partial charge in [0.05, 0.1) is 6.26 Å². The molecule has 0 amide bonds. The van der Waals surface area contributed by atoms with Gasteiger partial charge in [-0.2, -0.15) is 0 Å². The maximum atomic E-state index is 11.1. The van der Waals surface area contributed by atoms with Gasteiger partial charge in [0.2, 0.25) is 10.0 Å². The Bertz CT molecular complexity index is 622. The van der Waals surface area contributed by atoms with Crippen LogP contribution in [0.25, 0.3) is 0 Å². The Morgan fingerprint density at radius 2 is 1.90 bits per heavy atom. The van der Waals surface area contributed by atoms with Gasteiger partial charge in [0.25, 0.3) is 0 Å². The summed E-state index contributed by atoms with van der Waals surface area (Å²) in [4.78, 5) is 0. The molecule has 2 bridgehead atoms. The van der Waals surface area contributed by atoms with Crippen molar-refractivity contribution in [2.75, 3.05) is 18.1 Å². The molecule has 2 aliphatic carbocycles. The summed E-state index contributed by atoms with van der Waals surface area (Å²) in [6.45, 7) is 1.36. The lowest BCUT2D eigenvalue weighted by Gasteiger charge is -2.19. The molecular formula is C16H22N2O2S. The van der Waals surface area contributed by atoms with Crippen molar-refractivity contribution in [3.8, 4) is 0 Å². The quantitative estimate of drug-likeness (QED) is 0.793. The second-order valence-electron chi connectivity index (χ2n) is 6.21. The van der Waals surface area contributed by atoms with Gasteiger partial charge in [0, 0.05) is 18.8 Å². The van der Waals surface area contributed by atoms with E-state index in [0.29, 0.717) is 6.54 Å². The summed E-state index contributed by atoms with van der Waals surface area (Å²) in [6, 6.07) is 7.95. The van der Waals surface area contributed by atoms with Gasteiger partial charge in [-0.05, 0) is 48.3 Å². The molecule has 0 aliphatic heterocycles. The summed E-state index contributed by atoms with van der Waals surface area (Å²) in [7, 11) is -3.13. The van der Waals surface area contributed by atoms with Crippen LogP contribution in [0.3, 0.4) is 0 Å². The second-order valence-corrected chi connectivity index (χ2v) is 8.04. The third kappa shape index (κ3) is 3.86. The molecule has 0 radical (unpaired) electrons. The van der Waals surface area contributed by atoms with E-state index in [9.17, 15) is 8.42 Å². The highest BCUT2D eigenvalue weighted by molar-refractivity contribution is 7.88. The molecule has 1 aromatic carbocycles. The lowest BCUT2D eigenvalue weighted by molar-refractivity contribution is 0.472. The highest BCUT2D eigenvalue weighted by Crippen LogP contribution is 2.43. The fourth-order valence-corrected chi connectivity index (χ4v) is 3.76. The van der Waals surface area contributed by atoms with Crippen molar-refractivity contribution in [2.24, 2.45) is 17.8 Å². The molecule has 0 saturated heterocycles. The van der Waals surface area contributed by atoms with Crippen LogP contribution >= 0.6 is 0 Å². The fourth-order valence-electron chi connectivity index (χ4n) is 3.33. The second kappa shape index (κ2) is 5.81. The number of fused-ring (bicyclic) bond motifs is 2. The molecule has 0 spiro atoms. The Kier molecular flexibility index (Phi) is 4.04. The highest BCUT2D eigenvalue weighted by Gasteiger charge is 2.35. The Balaban J connectivity index is 1.49. The lowest BCUT2D eigenvalue weighted by Crippen LogP contribution is -2.21. The standard InChI is InChI=1S/C16H22N2O2S/c1-21(19,20)18-10-12-3-6-16(7-4-12)17-11-15-9-13-2-5-14(15)8-13/h2-7,13-15,17-18H,8-11H2,1H3/t13-,14-,15+/m0/s1. The minimum Gasteiger partial charge on any atom is -0.385 e. The minimum absolute atomic E-state index is 0.344. The predicted molar refractivity (Wildman–Crippen MR) is 85.5 cm³/mol. The topological polar surface area (TPSA) is 58.2 Å². The molecule has 1 fully saturated rings. The van der Waals surface area contributed by atoms with Gasteiger partial charge in [-0.25, -0.2) is 13.1 Å². The summed E-state index contributed by atoms with van der Waals surface area (Å²) < 4.78 is 24.6. The van der Waals surface area contributed by atoms with Crippen molar-refractivity contribution in [2.45, 2.75) is 19.4 Å². The van der Waals surface area contributed by atoms with Crippen LogP contribution in [0.15, 0.2) is 36.4 Å². The van der Waals surface area contributed by atoms with Gasteiger partial charge in [-0.15, -0.1) is 0 Å². The normalized spacial score (nSPS) is 27.2. The van der Waals surface area contributed by atoms with Crippen molar-refractivity contribution >= 4 is 15.7 Å². The smallest absolute Gasteiger partial charge is 0.209 e. The van der Waals surface area contributed by atoms with E-state index >= 15 is 0 Å². The summed E-state index contributed by atoms with van der Waals surface area (Å²) in [5, 5.41) is 3.50. The van der Waals surface area contributed by atoms with Crippen LogP contribution in [0.4, 0.5) is 5.69 Å². The molecule has 0 aromatic heterocycles. The molecule has 2 aliphatic rings. The van der Waals surface area contributed by atoms with E-state index in [2.05, 4.69) is 22.2 Å². The maximum absolute atomic E-state index is 11.1. The zero-order valence-corrected chi connectivity index (χ0v) is 13.1. The molecule has 1 aromatic rings. The fraction of sp³-hybridized carbons (Fsp3) is 0.500. The molecule has 1 saturated carbocycles. The molecule has 0 heterocycles. The molecule has 0 unspecified atom stereocenters. The van der Waals surface area contributed by atoms with Crippen LogP contribution in [-0.2, 0) is 16.6 Å². The van der Waals surface area contributed by atoms with Crippen LogP contribution in [0, 0.1) is 17.8 Å². The number of rotatable bonds is 6. The molecule has 3 rings (SSSR count). The maximum Gasteiger partial charge on any atom is 0.209 e. The number of anilines is 1. The van der Waals surface area contributed by atoms with Crippen molar-refractivity contribution in [3.63, 3.8) is 0 Å². The van der Waals surface area contributed by atoms with Gasteiger partial charge in [-0.1, -0.05) is 24.3 Å². The van der Waals surface area contributed by atoms with Crippen LogP contribution in [0.1, 0.15) is 18.4 Å². The Hall–Kier alpha value is -1.33. The third-order valence-corrected chi connectivity index (χ3v) is 5.15. The monoisotopic (exact) mass is 306 g/mol. The average molecular weight is 306 g/mol. The van der Waals surface area contributed by atoms with Gasteiger partial charge in [0.1, 0.15) is 0 Å². The molecule has 2 N–H and O–H groups in total. The van der Waals surface area contributed by atoms with E-state index in [-0.39, 0.29) is 0 Å². The molecule has 3 atom stereocenters. The van der Waals surface area contributed by atoms with Crippen LogP contribution in [-0.4, -0.2) is 21.2 Å². The van der Waals surface area contributed by atoms with Crippen molar-refractivity contribution in [1.29, 1.82) is 0 Å². The Morgan fingerprint density at radius 3 is 2.48 bits per heavy atom. The number of allylic oxidation sites excluding steroid dienone is 2. The van der Waals surface area contributed by atoms with E-state index in [1.165, 1.54) is 19.1 Å². The van der Waals surface area contributed by atoms with Gasteiger partial charge >= 0.3 is 0 Å². The van der Waals surface area contributed by atoms with E-state index in [0.717, 1.165) is 35.5 Å². The van der Waals surface area contributed by atoms with E-state index < -0.39 is 10.0 Å². The zero-order chi connectivity index (χ0) is 14.9. The van der Waals surface area contributed by atoms with E-state index in [4.69, 9.17) is 0 Å². The number of nitrogens with one attached hydrogen (secondary N) is 2. The summed E-state index contributed by atoms with van der Waals surface area (Å²) in [5.41, 5.74) is 2.07. The molecule has 4 nitrogen and oxygen atoms in total. The van der Waals surface area contributed by atoms with E-state index in [1.807, 2.05) is 24.3 Å².